The molecular weight excluding hydrogens is 520 g/mol. The molecule has 4 amide bonds. The molecule has 2 aromatic rings. The van der Waals surface area contributed by atoms with Crippen LogP contribution in [0.5, 0.6) is 0 Å². The van der Waals surface area contributed by atoms with Crippen molar-refractivity contribution in [1.82, 2.24) is 10.6 Å². The number of Topliss-reactive ketones (excluding diaryl/α,β-unsaturated/α-hetero) is 1. The number of anilines is 2. The van der Waals surface area contributed by atoms with Gasteiger partial charge in [0, 0.05) is 12.5 Å². The number of nitrogens with zero attached hydrogens (tertiary/aromatic N) is 2. The van der Waals surface area contributed by atoms with Gasteiger partial charge in [0.25, 0.3) is 11.7 Å². The van der Waals surface area contributed by atoms with Crippen molar-refractivity contribution in [2.24, 2.45) is 0 Å². The number of ketones is 1. The second-order valence-electron chi connectivity index (χ2n) is 9.56. The summed E-state index contributed by atoms with van der Waals surface area (Å²) in [5, 5.41) is 13.7. The number of carboxylic acid groups (broad SMARTS) is 1. The minimum absolute atomic E-state index is 0.173. The predicted molar refractivity (Wildman–Crippen MR) is 144 cm³/mol. The van der Waals surface area contributed by atoms with Crippen LogP contribution in [0, 0.1) is 20.8 Å². The number of benzene rings is 2. The summed E-state index contributed by atoms with van der Waals surface area (Å²) in [5.41, 5.74) is 2.74. The molecule has 0 bridgehead atoms. The van der Waals surface area contributed by atoms with E-state index >= 15 is 0 Å². The summed E-state index contributed by atoms with van der Waals surface area (Å²) in [7, 11) is 0. The number of amides is 4. The van der Waals surface area contributed by atoms with Gasteiger partial charge in [0.2, 0.25) is 17.7 Å². The Kier molecular flexibility index (Phi) is 9.15. The van der Waals surface area contributed by atoms with Crippen LogP contribution in [-0.4, -0.2) is 65.5 Å². The van der Waals surface area contributed by atoms with Crippen LogP contribution in [0.25, 0.3) is 0 Å². The summed E-state index contributed by atoms with van der Waals surface area (Å²) in [6.07, 6.45) is -2.09. The van der Waals surface area contributed by atoms with E-state index in [9.17, 15) is 33.6 Å². The number of rotatable bonds is 9. The van der Waals surface area contributed by atoms with Crippen molar-refractivity contribution in [2.45, 2.75) is 52.7 Å². The molecule has 12 heteroatoms. The van der Waals surface area contributed by atoms with Crippen LogP contribution in [-0.2, 0) is 28.8 Å². The van der Waals surface area contributed by atoms with E-state index < -0.39 is 67.0 Å². The lowest BCUT2D eigenvalue weighted by atomic mass is 9.96. The Hall–Kier alpha value is -4.87. The average molecular weight is 551 g/mol. The molecule has 12 nitrogen and oxygen atoms in total. The van der Waals surface area contributed by atoms with Crippen LogP contribution >= 0.6 is 0 Å². The number of aldehydes is 1. The molecule has 0 radical (unpaired) electrons. The number of aliphatic carboxylic acids is 1. The van der Waals surface area contributed by atoms with Crippen LogP contribution in [0.4, 0.5) is 11.4 Å². The number of nitrogens with one attached hydrogen (secondary N) is 2. The lowest BCUT2D eigenvalue weighted by Crippen LogP contribution is -2.53. The summed E-state index contributed by atoms with van der Waals surface area (Å²) < 4.78 is 0. The van der Waals surface area contributed by atoms with Crippen LogP contribution in [0.3, 0.4) is 0 Å². The Bertz CT molecular complexity index is 1380. The molecule has 0 fully saturated rings. The van der Waals surface area contributed by atoms with E-state index in [1.165, 1.54) is 24.0 Å². The van der Waals surface area contributed by atoms with Gasteiger partial charge >= 0.3 is 5.97 Å². The molecule has 2 atom stereocenters. The average Bonchev–Trinajstić information content (AvgIpc) is 2.96. The third-order valence-electron chi connectivity index (χ3n) is 6.37. The number of carboxylic acids is 1. The van der Waals surface area contributed by atoms with E-state index in [2.05, 4.69) is 10.6 Å². The summed E-state index contributed by atoms with van der Waals surface area (Å²) in [4.78, 5) is 89.5. The fourth-order valence-electron chi connectivity index (χ4n) is 4.83. The molecule has 0 aliphatic carbocycles. The highest BCUT2D eigenvalue weighted by atomic mass is 16.4. The SMILES string of the molecule is CC(=O)N1c2ccccc2N(CC(=O)N[C@H](C=O)CC(=O)O)C(=O)C[C@H]1NC(=O)C(=O)c1c(C)cc(C)cc1C. The van der Waals surface area contributed by atoms with Crippen LogP contribution in [0.1, 0.15) is 46.8 Å². The highest BCUT2D eigenvalue weighted by Crippen LogP contribution is 2.34. The van der Waals surface area contributed by atoms with Gasteiger partial charge in [-0.1, -0.05) is 29.8 Å². The van der Waals surface area contributed by atoms with Gasteiger partial charge in [-0.25, -0.2) is 0 Å². The van der Waals surface area contributed by atoms with E-state index in [0.717, 1.165) is 10.5 Å². The monoisotopic (exact) mass is 550 g/mol. The second kappa shape index (κ2) is 12.3. The summed E-state index contributed by atoms with van der Waals surface area (Å²) in [6.45, 7) is 5.93. The zero-order valence-electron chi connectivity index (χ0n) is 22.5. The summed E-state index contributed by atoms with van der Waals surface area (Å²) in [5.74, 6) is -5.13. The quantitative estimate of drug-likeness (QED) is 0.237. The topological polar surface area (TPSA) is 170 Å². The Balaban J connectivity index is 1.93. The number of para-hydroxylation sites is 2. The van der Waals surface area contributed by atoms with Crippen molar-refractivity contribution in [3.8, 4) is 0 Å². The molecule has 3 rings (SSSR count). The van der Waals surface area contributed by atoms with Crippen LogP contribution in [0.2, 0.25) is 0 Å². The number of carbonyl (C=O) groups is 7. The molecule has 0 spiro atoms. The fourth-order valence-corrected chi connectivity index (χ4v) is 4.83. The van der Waals surface area contributed by atoms with E-state index in [1.807, 2.05) is 6.92 Å². The van der Waals surface area contributed by atoms with Crippen molar-refractivity contribution in [1.29, 1.82) is 0 Å². The predicted octanol–water partition coefficient (Wildman–Crippen LogP) is 1.19. The molecule has 0 unspecified atom stereocenters. The molecule has 210 valence electrons. The first kappa shape index (κ1) is 29.7. The minimum atomic E-state index is -1.30. The van der Waals surface area contributed by atoms with Gasteiger partial charge < -0.3 is 25.4 Å². The van der Waals surface area contributed by atoms with Crippen molar-refractivity contribution in [2.75, 3.05) is 16.3 Å². The number of aryl methyl sites for hydroxylation is 3. The lowest BCUT2D eigenvalue weighted by Gasteiger charge is -2.30. The maximum absolute atomic E-state index is 13.4. The number of carbonyl (C=O) groups excluding carboxylic acids is 6. The van der Waals surface area contributed by atoms with Gasteiger partial charge in [0.1, 0.15) is 19.0 Å². The maximum atomic E-state index is 13.4. The van der Waals surface area contributed by atoms with Gasteiger partial charge in [-0.15, -0.1) is 0 Å². The van der Waals surface area contributed by atoms with E-state index in [1.54, 1.807) is 38.1 Å². The molecule has 1 heterocycles. The van der Waals surface area contributed by atoms with Gasteiger partial charge in [-0.3, -0.25) is 33.7 Å². The third-order valence-corrected chi connectivity index (χ3v) is 6.37. The Morgan fingerprint density at radius 3 is 2.20 bits per heavy atom. The van der Waals surface area contributed by atoms with Gasteiger partial charge in [0.15, 0.2) is 0 Å². The molecule has 0 aromatic heterocycles. The van der Waals surface area contributed by atoms with Crippen molar-refractivity contribution < 1.29 is 38.7 Å². The zero-order chi connectivity index (χ0) is 29.7. The number of hydrogen-bond donors (Lipinski definition) is 3. The second-order valence-corrected chi connectivity index (χ2v) is 9.56. The number of fused-ring (bicyclic) bond motifs is 1. The molecule has 0 saturated carbocycles. The van der Waals surface area contributed by atoms with Gasteiger partial charge in [-0.05, 0) is 44.0 Å². The smallest absolute Gasteiger partial charge is 0.305 e. The molecule has 40 heavy (non-hydrogen) atoms. The van der Waals surface area contributed by atoms with Gasteiger partial charge in [0.05, 0.1) is 30.3 Å². The highest BCUT2D eigenvalue weighted by Gasteiger charge is 2.37. The van der Waals surface area contributed by atoms with Crippen molar-refractivity contribution in [3.63, 3.8) is 0 Å². The molecule has 1 aliphatic rings. The van der Waals surface area contributed by atoms with E-state index in [0.29, 0.717) is 11.1 Å². The summed E-state index contributed by atoms with van der Waals surface area (Å²) in [6, 6.07) is 8.45. The minimum Gasteiger partial charge on any atom is -0.481 e. The largest absolute Gasteiger partial charge is 0.481 e. The fraction of sp³-hybridized carbons (Fsp3) is 0.321. The lowest BCUT2D eigenvalue weighted by molar-refractivity contribution is -0.139. The Labute approximate surface area is 230 Å². The van der Waals surface area contributed by atoms with Crippen LogP contribution < -0.4 is 20.4 Å². The van der Waals surface area contributed by atoms with Gasteiger partial charge in [-0.2, -0.15) is 0 Å². The standard InChI is InChI=1S/C28H30N4O8/c1-15-9-16(2)26(17(3)10-15)27(39)28(40)30-22-12-24(36)31(13-23(35)29-19(14-33)11-25(37)38)20-7-5-6-8-21(20)32(22)18(4)34/h5-10,14,19,22H,11-13H2,1-4H3,(H,29,35)(H,30,40)(H,37,38)/t19-,22-/m0/s1. The highest BCUT2D eigenvalue weighted by molar-refractivity contribution is 6.43. The zero-order valence-corrected chi connectivity index (χ0v) is 22.5. The Morgan fingerprint density at radius 1 is 1.05 bits per heavy atom. The first-order valence-electron chi connectivity index (χ1n) is 12.4. The van der Waals surface area contributed by atoms with Crippen LogP contribution in [0.15, 0.2) is 36.4 Å². The molecule has 2 aromatic carbocycles. The molecule has 0 saturated heterocycles. The van der Waals surface area contributed by atoms with E-state index in [4.69, 9.17) is 5.11 Å². The molecule has 3 N–H and O–H groups in total. The third kappa shape index (κ3) is 6.57. The van der Waals surface area contributed by atoms with Crippen molar-refractivity contribution in [3.05, 3.63) is 58.7 Å². The Morgan fingerprint density at radius 2 is 1.65 bits per heavy atom. The van der Waals surface area contributed by atoms with E-state index in [-0.39, 0.29) is 23.2 Å². The maximum Gasteiger partial charge on any atom is 0.305 e. The molecule has 1 aliphatic heterocycles. The normalized spacial score (nSPS) is 15.4. The molecular formula is C28H30N4O8. The first-order chi connectivity index (χ1) is 18.8. The summed E-state index contributed by atoms with van der Waals surface area (Å²) >= 11 is 0. The van der Waals surface area contributed by atoms with Crippen molar-refractivity contribution >= 4 is 53.0 Å². The number of hydrogen-bond acceptors (Lipinski definition) is 7. The first-order valence-corrected chi connectivity index (χ1v) is 12.4.